The molecule has 0 N–H and O–H groups in total. The smallest absolute Gasteiger partial charge is 0.145 e. The Hall–Kier alpha value is -2.99. The van der Waals surface area contributed by atoms with Crippen LogP contribution in [0.2, 0.25) is 0 Å². The number of para-hydroxylation sites is 1. The Morgan fingerprint density at radius 2 is 1.74 bits per heavy atom. The van der Waals surface area contributed by atoms with Crippen molar-refractivity contribution in [3.63, 3.8) is 0 Å². The van der Waals surface area contributed by atoms with Gasteiger partial charge >= 0.3 is 0 Å². The van der Waals surface area contributed by atoms with Crippen LogP contribution in [0.4, 0.5) is 0 Å². The van der Waals surface area contributed by atoms with Gasteiger partial charge in [-0.2, -0.15) is 0 Å². The molecule has 0 saturated heterocycles. The summed E-state index contributed by atoms with van der Waals surface area (Å²) in [4.78, 5) is 23.1. The number of hydrogen-bond donors (Lipinski definition) is 0. The molecule has 0 amide bonds. The lowest BCUT2D eigenvalue weighted by Gasteiger charge is -2.02. The first-order chi connectivity index (χ1) is 11.4. The Bertz CT molecular complexity index is 1180. The number of aromatic nitrogens is 5. The maximum absolute atomic E-state index is 4.72. The molecule has 0 unspecified atom stereocenters. The number of hydrogen-bond acceptors (Lipinski definition) is 6. The van der Waals surface area contributed by atoms with E-state index in [4.69, 9.17) is 4.98 Å². The van der Waals surface area contributed by atoms with Gasteiger partial charge in [0.05, 0.1) is 22.1 Å². The molecule has 0 spiro atoms. The van der Waals surface area contributed by atoms with E-state index >= 15 is 0 Å². The Morgan fingerprint density at radius 3 is 2.74 bits per heavy atom. The van der Waals surface area contributed by atoms with Crippen molar-refractivity contribution < 1.29 is 0 Å². The summed E-state index contributed by atoms with van der Waals surface area (Å²) in [7, 11) is 0. The summed E-state index contributed by atoms with van der Waals surface area (Å²) in [5.41, 5.74) is 4.21. The Labute approximate surface area is 134 Å². The summed E-state index contributed by atoms with van der Waals surface area (Å²) < 4.78 is 0.992. The molecule has 108 valence electrons. The van der Waals surface area contributed by atoms with Crippen LogP contribution in [0.1, 0.15) is 0 Å². The van der Waals surface area contributed by atoms with Crippen LogP contribution in [0.25, 0.3) is 42.9 Å². The van der Waals surface area contributed by atoms with Crippen LogP contribution in [0.3, 0.4) is 0 Å². The van der Waals surface area contributed by atoms with E-state index in [9.17, 15) is 0 Å². The Kier molecular flexibility index (Phi) is 2.59. The van der Waals surface area contributed by atoms with Crippen molar-refractivity contribution >= 4 is 42.8 Å². The van der Waals surface area contributed by atoms with E-state index in [0.717, 1.165) is 42.9 Å². The number of benzene rings is 1. The van der Waals surface area contributed by atoms with Gasteiger partial charge in [-0.25, -0.2) is 24.9 Å². The lowest BCUT2D eigenvalue weighted by atomic mass is 10.2. The van der Waals surface area contributed by atoms with Gasteiger partial charge in [0, 0.05) is 11.6 Å². The van der Waals surface area contributed by atoms with Crippen molar-refractivity contribution in [2.75, 3.05) is 0 Å². The fraction of sp³-hybridized carbons (Fsp3) is 0. The van der Waals surface area contributed by atoms with E-state index in [0.29, 0.717) is 0 Å². The maximum atomic E-state index is 4.72. The van der Waals surface area contributed by atoms with E-state index in [1.807, 2.05) is 30.3 Å². The van der Waals surface area contributed by atoms with Gasteiger partial charge in [-0.05, 0) is 12.1 Å². The second-order valence-electron chi connectivity index (χ2n) is 5.14. The number of fused-ring (bicyclic) bond motifs is 4. The van der Waals surface area contributed by atoms with Gasteiger partial charge in [0.1, 0.15) is 27.9 Å². The van der Waals surface area contributed by atoms with Gasteiger partial charge < -0.3 is 0 Å². The highest BCUT2D eigenvalue weighted by Gasteiger charge is 2.11. The summed E-state index contributed by atoms with van der Waals surface area (Å²) in [6, 6.07) is 12.1. The zero-order valence-electron chi connectivity index (χ0n) is 11.8. The van der Waals surface area contributed by atoms with Crippen LogP contribution in [-0.2, 0) is 0 Å². The lowest BCUT2D eigenvalue weighted by Crippen LogP contribution is -1.90. The molecule has 23 heavy (non-hydrogen) atoms. The third-order valence-electron chi connectivity index (χ3n) is 3.71. The summed E-state index contributed by atoms with van der Waals surface area (Å²) in [5, 5.41) is 1.11. The normalized spacial score (nSPS) is 11.5. The summed E-state index contributed by atoms with van der Waals surface area (Å²) in [6.45, 7) is 0. The van der Waals surface area contributed by atoms with Gasteiger partial charge in [0.25, 0.3) is 0 Å². The maximum Gasteiger partial charge on any atom is 0.145 e. The number of nitrogens with zero attached hydrogens (tertiary/aromatic N) is 5. The molecule has 0 aliphatic rings. The first-order valence-electron chi connectivity index (χ1n) is 7.10. The molecule has 0 bridgehead atoms. The molecule has 5 aromatic rings. The SMILES string of the molecule is c1ccc2nc(-c3cnc4c(n3)sc3cncnc34)ccc2c1. The molecular formula is C17H9N5S. The van der Waals surface area contributed by atoms with Crippen molar-refractivity contribution in [2.24, 2.45) is 0 Å². The lowest BCUT2D eigenvalue weighted by molar-refractivity contribution is 1.22. The Balaban J connectivity index is 1.73. The van der Waals surface area contributed by atoms with Crippen molar-refractivity contribution in [1.82, 2.24) is 24.9 Å². The molecule has 1 aromatic carbocycles. The fourth-order valence-corrected chi connectivity index (χ4v) is 3.57. The van der Waals surface area contributed by atoms with Crippen LogP contribution < -0.4 is 0 Å². The standard InChI is InChI=1S/C17H9N5S/c1-2-4-11-10(3-1)5-6-12(21-11)13-7-19-16-15-14(8-18-9-20-15)23-17(16)22-13/h1-9H. The Morgan fingerprint density at radius 1 is 0.783 bits per heavy atom. The molecule has 5 rings (SSSR count). The second kappa shape index (κ2) is 4.76. The van der Waals surface area contributed by atoms with Crippen molar-refractivity contribution in [1.29, 1.82) is 0 Å². The molecule has 0 aliphatic heterocycles. The summed E-state index contributed by atoms with van der Waals surface area (Å²) >= 11 is 1.55. The van der Waals surface area contributed by atoms with Crippen molar-refractivity contribution in [2.45, 2.75) is 0 Å². The highest BCUT2D eigenvalue weighted by atomic mass is 32.1. The third-order valence-corrected chi connectivity index (χ3v) is 4.71. The van der Waals surface area contributed by atoms with Crippen LogP contribution >= 0.6 is 11.3 Å². The average Bonchev–Trinajstić information content (AvgIpc) is 2.99. The predicted molar refractivity (Wildman–Crippen MR) is 91.2 cm³/mol. The van der Waals surface area contributed by atoms with Gasteiger partial charge in [-0.1, -0.05) is 24.3 Å². The first kappa shape index (κ1) is 12.5. The molecule has 0 atom stereocenters. The van der Waals surface area contributed by atoms with Gasteiger partial charge in [0.2, 0.25) is 0 Å². The molecule has 0 aliphatic carbocycles. The minimum Gasteiger partial charge on any atom is -0.249 e. The molecule has 4 heterocycles. The molecule has 4 aromatic heterocycles. The zero-order valence-corrected chi connectivity index (χ0v) is 12.7. The molecular weight excluding hydrogens is 306 g/mol. The van der Waals surface area contributed by atoms with Crippen molar-refractivity contribution in [3.8, 4) is 11.4 Å². The van der Waals surface area contributed by atoms with Crippen molar-refractivity contribution in [3.05, 3.63) is 55.1 Å². The highest BCUT2D eigenvalue weighted by Crippen LogP contribution is 2.30. The minimum absolute atomic E-state index is 0.766. The summed E-state index contributed by atoms with van der Waals surface area (Å²) in [5.74, 6) is 0. The van der Waals surface area contributed by atoms with Crippen LogP contribution in [-0.4, -0.2) is 24.9 Å². The second-order valence-corrected chi connectivity index (χ2v) is 6.17. The summed E-state index contributed by atoms with van der Waals surface area (Å²) in [6.07, 6.45) is 5.09. The molecule has 6 heteroatoms. The van der Waals surface area contributed by atoms with Gasteiger partial charge in [-0.3, -0.25) is 0 Å². The van der Waals surface area contributed by atoms with E-state index in [1.165, 1.54) is 6.33 Å². The molecule has 5 nitrogen and oxygen atoms in total. The molecule has 0 radical (unpaired) electrons. The number of thiophene rings is 1. The van der Waals surface area contributed by atoms with E-state index in [-0.39, 0.29) is 0 Å². The number of rotatable bonds is 1. The van der Waals surface area contributed by atoms with Crippen LogP contribution in [0, 0.1) is 0 Å². The predicted octanol–water partition coefficient (Wildman–Crippen LogP) is 3.85. The van der Waals surface area contributed by atoms with Gasteiger partial charge in [0.15, 0.2) is 0 Å². The third kappa shape index (κ3) is 1.96. The quantitative estimate of drug-likeness (QED) is 0.470. The highest BCUT2D eigenvalue weighted by molar-refractivity contribution is 7.25. The van der Waals surface area contributed by atoms with Crippen LogP contribution in [0.15, 0.2) is 55.1 Å². The van der Waals surface area contributed by atoms with E-state index in [1.54, 1.807) is 23.7 Å². The average molecular weight is 315 g/mol. The fourth-order valence-electron chi connectivity index (χ4n) is 2.61. The van der Waals surface area contributed by atoms with E-state index in [2.05, 4.69) is 26.0 Å². The first-order valence-corrected chi connectivity index (χ1v) is 7.91. The van der Waals surface area contributed by atoms with E-state index < -0.39 is 0 Å². The topological polar surface area (TPSA) is 64.5 Å². The monoisotopic (exact) mass is 315 g/mol. The van der Waals surface area contributed by atoms with Gasteiger partial charge in [-0.15, -0.1) is 11.3 Å². The minimum atomic E-state index is 0.766. The zero-order chi connectivity index (χ0) is 15.2. The molecule has 0 fully saturated rings. The largest absolute Gasteiger partial charge is 0.249 e. The van der Waals surface area contributed by atoms with Crippen LogP contribution in [0.5, 0.6) is 0 Å². The number of pyridine rings is 1. The molecule has 0 saturated carbocycles.